The summed E-state index contributed by atoms with van der Waals surface area (Å²) in [6.45, 7) is 1.44. The molecule has 116 valence electrons. The Morgan fingerprint density at radius 2 is 1.65 bits per heavy atom. The molecule has 1 atom stereocenters. The molecule has 1 rings (SSSR count). The summed E-state index contributed by atoms with van der Waals surface area (Å²) >= 11 is 6.96. The van der Waals surface area contributed by atoms with Gasteiger partial charge in [-0.15, -0.1) is 11.3 Å². The predicted octanol–water partition coefficient (Wildman–Crippen LogP) is 5.66. The number of nitrogens with one attached hydrogen (secondary N) is 1. The second kappa shape index (κ2) is 6.53. The van der Waals surface area contributed by atoms with E-state index in [1.165, 1.54) is 13.0 Å². The number of rotatable bonds is 4. The van der Waals surface area contributed by atoms with Crippen LogP contribution in [0.5, 0.6) is 0 Å². The Labute approximate surface area is 132 Å². The molecule has 0 aliphatic heterocycles. The molecule has 0 aromatic carbocycles. The first-order valence-corrected chi connectivity index (χ1v) is 7.70. The molecular weight excluding hydrogens is 440 g/mol. The van der Waals surface area contributed by atoms with E-state index >= 15 is 0 Å². The molecule has 1 aromatic heterocycles. The summed E-state index contributed by atoms with van der Waals surface area (Å²) in [6.07, 6.45) is -10.8. The van der Waals surface area contributed by atoms with Crippen LogP contribution in [0.15, 0.2) is 14.3 Å². The molecule has 0 aliphatic carbocycles. The number of thiophene rings is 1. The molecule has 0 fully saturated rings. The molecule has 20 heavy (non-hydrogen) atoms. The van der Waals surface area contributed by atoms with Gasteiger partial charge in [-0.3, -0.25) is 0 Å². The van der Waals surface area contributed by atoms with Gasteiger partial charge in [-0.05, 0) is 44.5 Å². The van der Waals surface area contributed by atoms with Crippen LogP contribution in [0.4, 0.5) is 26.3 Å². The van der Waals surface area contributed by atoms with E-state index in [0.717, 1.165) is 11.3 Å². The maximum atomic E-state index is 12.8. The van der Waals surface area contributed by atoms with Crippen molar-refractivity contribution in [2.75, 3.05) is 6.54 Å². The van der Waals surface area contributed by atoms with Crippen molar-refractivity contribution in [3.63, 3.8) is 0 Å². The van der Waals surface area contributed by atoms with Crippen LogP contribution in [-0.4, -0.2) is 18.9 Å². The average molecular weight is 449 g/mol. The van der Waals surface area contributed by atoms with E-state index in [9.17, 15) is 26.3 Å². The van der Waals surface area contributed by atoms with E-state index in [0.29, 0.717) is 8.26 Å². The van der Waals surface area contributed by atoms with Crippen LogP contribution in [0, 0.1) is 5.92 Å². The van der Waals surface area contributed by atoms with Crippen molar-refractivity contribution >= 4 is 43.2 Å². The van der Waals surface area contributed by atoms with Crippen molar-refractivity contribution < 1.29 is 26.3 Å². The van der Waals surface area contributed by atoms with E-state index in [2.05, 4.69) is 37.2 Å². The van der Waals surface area contributed by atoms with Crippen molar-refractivity contribution in [1.82, 2.24) is 5.32 Å². The molecule has 1 N–H and O–H groups in total. The number of alkyl halides is 6. The Bertz CT molecular complexity index is 422. The first kappa shape index (κ1) is 18.2. The van der Waals surface area contributed by atoms with Gasteiger partial charge in [-0.2, -0.15) is 26.3 Å². The molecule has 10 heteroatoms. The second-order valence-electron chi connectivity index (χ2n) is 3.87. The van der Waals surface area contributed by atoms with Crippen molar-refractivity contribution in [3.8, 4) is 0 Å². The first-order valence-electron chi connectivity index (χ1n) is 5.30. The highest BCUT2D eigenvalue weighted by atomic mass is 79.9. The van der Waals surface area contributed by atoms with Gasteiger partial charge in [0.2, 0.25) is 0 Å². The Balaban J connectivity index is 3.28. The molecule has 0 bridgehead atoms. The fourth-order valence-electron chi connectivity index (χ4n) is 1.68. The minimum atomic E-state index is -5.38. The highest BCUT2D eigenvalue weighted by Crippen LogP contribution is 2.49. The molecule has 0 aliphatic rings. The van der Waals surface area contributed by atoms with E-state index in [4.69, 9.17) is 0 Å². The molecular formula is C10H9Br2F6NS. The Kier molecular flexibility index (Phi) is 5.96. The second-order valence-corrected chi connectivity index (χ2v) is 7.12. The van der Waals surface area contributed by atoms with E-state index in [-0.39, 0.29) is 11.4 Å². The average Bonchev–Trinajstić information content (AvgIpc) is 2.54. The van der Waals surface area contributed by atoms with Gasteiger partial charge in [0, 0.05) is 9.35 Å². The number of hydrogen-bond acceptors (Lipinski definition) is 2. The van der Waals surface area contributed by atoms with Crippen LogP contribution in [0.25, 0.3) is 0 Å². The van der Waals surface area contributed by atoms with Crippen molar-refractivity contribution in [3.05, 3.63) is 19.2 Å². The summed E-state index contributed by atoms with van der Waals surface area (Å²) in [4.78, 5) is -0.0368. The largest absolute Gasteiger partial charge is 0.402 e. The van der Waals surface area contributed by atoms with Gasteiger partial charge in [0.05, 0.1) is 9.83 Å². The zero-order valence-electron chi connectivity index (χ0n) is 9.87. The molecule has 0 radical (unpaired) electrons. The Morgan fingerprint density at radius 3 is 1.95 bits per heavy atom. The lowest BCUT2D eigenvalue weighted by atomic mass is 9.97. The monoisotopic (exact) mass is 447 g/mol. The maximum Gasteiger partial charge on any atom is 0.402 e. The summed E-state index contributed by atoms with van der Waals surface area (Å²) in [5.41, 5.74) is 0. The van der Waals surface area contributed by atoms with Crippen molar-refractivity contribution in [2.45, 2.75) is 25.3 Å². The van der Waals surface area contributed by atoms with Gasteiger partial charge >= 0.3 is 12.4 Å². The van der Waals surface area contributed by atoms with Crippen LogP contribution in [0.1, 0.15) is 17.8 Å². The first-order chi connectivity index (χ1) is 8.98. The van der Waals surface area contributed by atoms with Gasteiger partial charge < -0.3 is 5.32 Å². The van der Waals surface area contributed by atoms with Crippen LogP contribution < -0.4 is 5.32 Å². The lowest BCUT2D eigenvalue weighted by molar-refractivity contribution is -0.292. The standard InChI is InChI=1S/C10H9Br2F6NS/c1-2-19-6(5-3-4(11)8(12)20-5)7(9(13,14)15)10(16,17)18/h3,6-7,19H,2H2,1H3. The Morgan fingerprint density at radius 1 is 1.15 bits per heavy atom. The van der Waals surface area contributed by atoms with Crippen molar-refractivity contribution in [2.24, 2.45) is 5.92 Å². The SMILES string of the molecule is CCNC(c1cc(Br)c(Br)s1)C(C(F)(F)F)C(F)(F)F. The lowest BCUT2D eigenvalue weighted by Gasteiger charge is -2.30. The minimum Gasteiger partial charge on any atom is -0.309 e. The summed E-state index contributed by atoms with van der Waals surface area (Å²) in [7, 11) is 0. The van der Waals surface area contributed by atoms with Crippen LogP contribution in [0.3, 0.4) is 0 Å². The summed E-state index contributed by atoms with van der Waals surface area (Å²) in [5, 5.41) is 2.28. The molecule has 0 spiro atoms. The van der Waals surface area contributed by atoms with Crippen LogP contribution in [-0.2, 0) is 0 Å². The van der Waals surface area contributed by atoms with Gasteiger partial charge in [0.25, 0.3) is 0 Å². The molecule has 1 heterocycles. The predicted molar refractivity (Wildman–Crippen MR) is 71.7 cm³/mol. The van der Waals surface area contributed by atoms with Crippen molar-refractivity contribution in [1.29, 1.82) is 0 Å². The third-order valence-electron chi connectivity index (χ3n) is 2.43. The van der Waals surface area contributed by atoms with Crippen LogP contribution in [0.2, 0.25) is 0 Å². The summed E-state index contributed by atoms with van der Waals surface area (Å²) in [5.74, 6) is -3.45. The smallest absolute Gasteiger partial charge is 0.309 e. The Hall–Kier alpha value is 0.200. The maximum absolute atomic E-state index is 12.8. The number of halogens is 8. The summed E-state index contributed by atoms with van der Waals surface area (Å²) < 4.78 is 77.7. The van der Waals surface area contributed by atoms with Gasteiger partial charge in [0.1, 0.15) is 0 Å². The van der Waals surface area contributed by atoms with E-state index < -0.39 is 24.3 Å². The third kappa shape index (κ3) is 4.35. The minimum absolute atomic E-state index is 0.0134. The quantitative estimate of drug-likeness (QED) is 0.585. The van der Waals surface area contributed by atoms with Crippen LogP contribution >= 0.6 is 43.2 Å². The van der Waals surface area contributed by atoms with E-state index in [1.807, 2.05) is 0 Å². The zero-order chi connectivity index (χ0) is 15.7. The summed E-state index contributed by atoms with van der Waals surface area (Å²) in [6, 6.07) is -0.611. The topological polar surface area (TPSA) is 12.0 Å². The molecule has 1 aromatic rings. The normalized spacial score (nSPS) is 14.9. The van der Waals surface area contributed by atoms with E-state index in [1.54, 1.807) is 0 Å². The van der Waals surface area contributed by atoms with Gasteiger partial charge in [0.15, 0.2) is 5.92 Å². The highest BCUT2D eigenvalue weighted by Gasteiger charge is 2.60. The molecule has 1 unspecified atom stereocenters. The number of hydrogen-bond donors (Lipinski definition) is 1. The van der Waals surface area contributed by atoms with Gasteiger partial charge in [-0.25, -0.2) is 0 Å². The molecule has 1 nitrogen and oxygen atoms in total. The fraction of sp³-hybridized carbons (Fsp3) is 0.600. The lowest BCUT2D eigenvalue weighted by Crippen LogP contribution is -2.45. The highest BCUT2D eigenvalue weighted by molar-refractivity contribution is 9.13. The zero-order valence-corrected chi connectivity index (χ0v) is 13.9. The fourth-order valence-corrected chi connectivity index (χ4v) is 3.89. The third-order valence-corrected chi connectivity index (χ3v) is 5.77. The molecule has 0 saturated heterocycles. The molecule has 0 saturated carbocycles. The molecule has 0 amide bonds. The van der Waals surface area contributed by atoms with Gasteiger partial charge in [-0.1, -0.05) is 6.92 Å².